The molecule has 1 aliphatic rings. The van der Waals surface area contributed by atoms with Gasteiger partial charge < -0.3 is 14.5 Å². The van der Waals surface area contributed by atoms with Crippen molar-refractivity contribution < 1.29 is 9.15 Å². The Morgan fingerprint density at radius 2 is 1.92 bits per heavy atom. The first-order valence-electron chi connectivity index (χ1n) is 9.44. The Labute approximate surface area is 153 Å². The van der Waals surface area contributed by atoms with Gasteiger partial charge in [0.1, 0.15) is 17.4 Å². The van der Waals surface area contributed by atoms with Gasteiger partial charge in [-0.1, -0.05) is 12.1 Å². The molecule has 2 atom stereocenters. The summed E-state index contributed by atoms with van der Waals surface area (Å²) in [5, 5.41) is 4.45. The van der Waals surface area contributed by atoms with Gasteiger partial charge in [-0.2, -0.15) is 0 Å². The molecule has 3 heterocycles. The van der Waals surface area contributed by atoms with E-state index in [0.29, 0.717) is 12.2 Å². The maximum atomic E-state index is 5.95. The van der Waals surface area contributed by atoms with Gasteiger partial charge in [0.25, 0.3) is 0 Å². The van der Waals surface area contributed by atoms with E-state index in [1.54, 1.807) is 6.33 Å². The fourth-order valence-electron chi connectivity index (χ4n) is 3.78. The normalized spacial score (nSPS) is 21.5. The molecule has 26 heavy (non-hydrogen) atoms. The van der Waals surface area contributed by atoms with E-state index in [1.807, 2.05) is 24.3 Å². The van der Waals surface area contributed by atoms with Crippen molar-refractivity contribution >= 4 is 27.9 Å². The quantitative estimate of drug-likeness (QED) is 0.681. The maximum absolute atomic E-state index is 5.95. The molecule has 0 unspecified atom stereocenters. The monoisotopic (exact) mass is 354 g/mol. The van der Waals surface area contributed by atoms with Gasteiger partial charge in [-0.05, 0) is 45.4 Å². The van der Waals surface area contributed by atoms with Gasteiger partial charge in [0.05, 0.1) is 12.2 Å². The molecule has 1 fully saturated rings. The van der Waals surface area contributed by atoms with Gasteiger partial charge in [-0.15, -0.1) is 0 Å². The summed E-state index contributed by atoms with van der Waals surface area (Å²) in [6.45, 7) is 8.35. The molecule has 0 aliphatic carbocycles. The van der Waals surface area contributed by atoms with Crippen molar-refractivity contribution in [2.45, 2.75) is 38.9 Å². The van der Waals surface area contributed by atoms with Crippen LogP contribution >= 0.6 is 0 Å². The Kier molecular flexibility index (Phi) is 5.04. The van der Waals surface area contributed by atoms with Crippen LogP contribution in [-0.2, 0) is 4.74 Å². The smallest absolute Gasteiger partial charge is 0.196 e. The van der Waals surface area contributed by atoms with Gasteiger partial charge in [0.15, 0.2) is 11.4 Å². The van der Waals surface area contributed by atoms with Crippen LogP contribution in [0.1, 0.15) is 26.7 Å². The van der Waals surface area contributed by atoms with Gasteiger partial charge in [0.2, 0.25) is 0 Å². The molecule has 1 N–H and O–H groups in total. The molecule has 6 heteroatoms. The second-order valence-electron chi connectivity index (χ2n) is 7.15. The molecule has 1 saturated heterocycles. The molecule has 0 amide bonds. The van der Waals surface area contributed by atoms with Crippen LogP contribution in [0.15, 0.2) is 35.0 Å². The highest BCUT2D eigenvalue weighted by molar-refractivity contribution is 6.05. The number of nitrogens with zero attached hydrogens (tertiary/aromatic N) is 3. The Balaban J connectivity index is 1.32. The number of benzene rings is 1. The number of furan rings is 1. The Morgan fingerprint density at radius 1 is 1.12 bits per heavy atom. The average molecular weight is 354 g/mol. The number of anilines is 1. The number of hydrogen-bond donors (Lipinski definition) is 1. The van der Waals surface area contributed by atoms with E-state index < -0.39 is 0 Å². The molecule has 1 aromatic carbocycles. The SMILES string of the molecule is C[C@@H]1CN(CCCCNc2ncnc3c2oc2ccccc23)C[C@H](C)O1. The number of aromatic nitrogens is 2. The highest BCUT2D eigenvalue weighted by Gasteiger charge is 2.21. The van der Waals surface area contributed by atoms with E-state index in [0.717, 1.165) is 66.9 Å². The fourth-order valence-corrected chi connectivity index (χ4v) is 3.78. The van der Waals surface area contributed by atoms with E-state index in [1.165, 1.54) is 0 Å². The molecule has 6 nitrogen and oxygen atoms in total. The molecule has 1 aliphatic heterocycles. The van der Waals surface area contributed by atoms with Crippen LogP contribution < -0.4 is 5.32 Å². The Morgan fingerprint density at radius 3 is 2.77 bits per heavy atom. The maximum Gasteiger partial charge on any atom is 0.196 e. The van der Waals surface area contributed by atoms with Gasteiger partial charge in [-0.3, -0.25) is 4.90 Å². The third kappa shape index (κ3) is 3.66. The third-order valence-electron chi connectivity index (χ3n) is 4.85. The summed E-state index contributed by atoms with van der Waals surface area (Å²) in [6.07, 6.45) is 4.51. The zero-order chi connectivity index (χ0) is 17.9. The molecule has 0 bridgehead atoms. The number of nitrogens with one attached hydrogen (secondary N) is 1. The number of ether oxygens (including phenoxy) is 1. The van der Waals surface area contributed by atoms with E-state index in [-0.39, 0.29) is 0 Å². The zero-order valence-corrected chi connectivity index (χ0v) is 15.4. The van der Waals surface area contributed by atoms with E-state index >= 15 is 0 Å². The van der Waals surface area contributed by atoms with Crippen LogP contribution in [0.2, 0.25) is 0 Å². The van der Waals surface area contributed by atoms with E-state index in [9.17, 15) is 0 Å². The minimum atomic E-state index is 0.333. The molecule has 4 rings (SSSR count). The minimum Gasteiger partial charge on any atom is -0.450 e. The molecule has 0 spiro atoms. The molecule has 0 radical (unpaired) electrons. The lowest BCUT2D eigenvalue weighted by Crippen LogP contribution is -2.45. The highest BCUT2D eigenvalue weighted by Crippen LogP contribution is 2.30. The Hall–Kier alpha value is -2.18. The second-order valence-corrected chi connectivity index (χ2v) is 7.15. The first-order valence-corrected chi connectivity index (χ1v) is 9.44. The lowest BCUT2D eigenvalue weighted by atomic mass is 10.2. The summed E-state index contributed by atoms with van der Waals surface area (Å²) in [4.78, 5) is 11.3. The fraction of sp³-hybridized carbons (Fsp3) is 0.500. The van der Waals surface area contributed by atoms with Crippen molar-refractivity contribution in [3.8, 4) is 0 Å². The molecule has 2 aromatic heterocycles. The number of hydrogen-bond acceptors (Lipinski definition) is 6. The number of morpholine rings is 1. The average Bonchev–Trinajstić information content (AvgIpc) is 3.00. The van der Waals surface area contributed by atoms with Crippen molar-refractivity contribution in [3.05, 3.63) is 30.6 Å². The molecule has 138 valence electrons. The number of fused-ring (bicyclic) bond motifs is 3. The Bertz CT molecular complexity index is 869. The van der Waals surface area contributed by atoms with Crippen LogP contribution in [0.25, 0.3) is 22.1 Å². The summed E-state index contributed by atoms with van der Waals surface area (Å²) in [5.41, 5.74) is 2.46. The van der Waals surface area contributed by atoms with Crippen molar-refractivity contribution in [3.63, 3.8) is 0 Å². The van der Waals surface area contributed by atoms with Gasteiger partial charge in [-0.25, -0.2) is 9.97 Å². The van der Waals surface area contributed by atoms with E-state index in [4.69, 9.17) is 9.15 Å². The first-order chi connectivity index (χ1) is 12.7. The molecule has 3 aromatic rings. The third-order valence-corrected chi connectivity index (χ3v) is 4.85. The molecule has 0 saturated carbocycles. The van der Waals surface area contributed by atoms with Gasteiger partial charge in [0, 0.05) is 25.0 Å². The largest absolute Gasteiger partial charge is 0.450 e. The standard InChI is InChI=1S/C20H26N4O2/c1-14-11-24(12-15(2)25-14)10-6-5-9-21-20-19-18(22-13-23-20)16-7-3-4-8-17(16)26-19/h3-4,7-8,13-15H,5-6,9-12H2,1-2H3,(H,21,22,23)/t14-,15+. The van der Waals surface area contributed by atoms with Crippen LogP contribution in [0.5, 0.6) is 0 Å². The van der Waals surface area contributed by atoms with Crippen LogP contribution in [-0.4, -0.2) is 53.3 Å². The summed E-state index contributed by atoms with van der Waals surface area (Å²) >= 11 is 0. The van der Waals surface area contributed by atoms with E-state index in [2.05, 4.69) is 34.0 Å². The summed E-state index contributed by atoms with van der Waals surface area (Å²) in [6, 6.07) is 7.96. The van der Waals surface area contributed by atoms with Gasteiger partial charge >= 0.3 is 0 Å². The second kappa shape index (κ2) is 7.60. The number of para-hydroxylation sites is 1. The zero-order valence-electron chi connectivity index (χ0n) is 15.4. The predicted octanol–water partition coefficient (Wildman–Crippen LogP) is 3.68. The number of rotatable bonds is 6. The summed E-state index contributed by atoms with van der Waals surface area (Å²) in [7, 11) is 0. The van der Waals surface area contributed by atoms with Crippen molar-refractivity contribution in [1.82, 2.24) is 14.9 Å². The lowest BCUT2D eigenvalue weighted by Gasteiger charge is -2.35. The number of unbranched alkanes of at least 4 members (excludes halogenated alkanes) is 1. The van der Waals surface area contributed by atoms with Crippen molar-refractivity contribution in [2.75, 3.05) is 31.5 Å². The topological polar surface area (TPSA) is 63.4 Å². The van der Waals surface area contributed by atoms with Crippen LogP contribution in [0.4, 0.5) is 5.82 Å². The summed E-state index contributed by atoms with van der Waals surface area (Å²) in [5.74, 6) is 0.778. The molecular weight excluding hydrogens is 328 g/mol. The lowest BCUT2D eigenvalue weighted by molar-refractivity contribution is -0.0681. The van der Waals surface area contributed by atoms with Crippen LogP contribution in [0.3, 0.4) is 0 Å². The van der Waals surface area contributed by atoms with Crippen LogP contribution in [0, 0.1) is 0 Å². The molecular formula is C20H26N4O2. The minimum absolute atomic E-state index is 0.333. The van der Waals surface area contributed by atoms with Crippen molar-refractivity contribution in [1.29, 1.82) is 0 Å². The highest BCUT2D eigenvalue weighted by atomic mass is 16.5. The first kappa shape index (κ1) is 17.2. The predicted molar refractivity (Wildman–Crippen MR) is 103 cm³/mol. The van der Waals surface area contributed by atoms with Crippen molar-refractivity contribution in [2.24, 2.45) is 0 Å². The summed E-state index contributed by atoms with van der Waals surface area (Å²) < 4.78 is 11.7.